The molecule has 0 saturated heterocycles. The molecule has 40 heavy (non-hydrogen) atoms. The fourth-order valence-electron chi connectivity index (χ4n) is 6.22. The Bertz CT molecular complexity index is 1020. The van der Waals surface area contributed by atoms with E-state index >= 15 is 0 Å². The number of nitrogens with one attached hydrogen (secondary N) is 2. The summed E-state index contributed by atoms with van der Waals surface area (Å²) >= 11 is 0. The molecule has 3 aliphatic rings. The van der Waals surface area contributed by atoms with Gasteiger partial charge in [-0.2, -0.15) is 0 Å². The molecule has 0 bridgehead atoms. The Hall–Kier alpha value is -2.81. The van der Waals surface area contributed by atoms with E-state index in [1.807, 2.05) is 32.0 Å². The van der Waals surface area contributed by atoms with Gasteiger partial charge in [-0.15, -0.1) is 0 Å². The second-order valence-electron chi connectivity index (χ2n) is 12.2. The first kappa shape index (κ1) is 30.2. The number of likely N-dealkylation sites (N-methyl/N-ethyl adjacent to an activating group) is 1. The third kappa shape index (κ3) is 7.89. The summed E-state index contributed by atoms with van der Waals surface area (Å²) in [5.74, 6) is 0.443. The number of carbonyl (C=O) groups excluding carboxylic acids is 3. The van der Waals surface area contributed by atoms with Crippen LogP contribution in [0.5, 0.6) is 5.75 Å². The first-order valence-electron chi connectivity index (χ1n) is 15.3. The fraction of sp³-hybridized carbons (Fsp3) is 0.710. The van der Waals surface area contributed by atoms with E-state index in [9.17, 15) is 19.5 Å². The van der Waals surface area contributed by atoms with E-state index in [1.165, 1.54) is 12.8 Å². The summed E-state index contributed by atoms with van der Waals surface area (Å²) in [6, 6.07) is 5.24. The SMILES string of the molecule is C[C@@H]1CN([C@H](C)CO)C(=O)Cc2cc(NC(=O)C3CCCCC3)ccc2O[C@H]1CN(C)C(=O)NC1CCCCC1. The molecule has 9 nitrogen and oxygen atoms in total. The minimum atomic E-state index is -0.372. The van der Waals surface area contributed by atoms with Crippen LogP contribution in [0.2, 0.25) is 0 Å². The molecule has 0 aromatic heterocycles. The van der Waals surface area contributed by atoms with E-state index in [-0.39, 0.29) is 60.9 Å². The predicted octanol–water partition coefficient (Wildman–Crippen LogP) is 4.33. The number of amides is 4. The van der Waals surface area contributed by atoms with Gasteiger partial charge in [-0.3, -0.25) is 9.59 Å². The Labute approximate surface area is 239 Å². The van der Waals surface area contributed by atoms with E-state index in [1.54, 1.807) is 16.8 Å². The van der Waals surface area contributed by atoms with E-state index in [4.69, 9.17) is 4.74 Å². The van der Waals surface area contributed by atoms with Crippen LogP contribution in [-0.4, -0.2) is 77.7 Å². The average molecular weight is 557 g/mol. The van der Waals surface area contributed by atoms with Crippen LogP contribution in [0.3, 0.4) is 0 Å². The molecule has 0 spiro atoms. The summed E-state index contributed by atoms with van der Waals surface area (Å²) in [4.78, 5) is 42.8. The molecule has 9 heteroatoms. The fourth-order valence-corrected chi connectivity index (χ4v) is 6.22. The third-order valence-corrected chi connectivity index (χ3v) is 8.89. The van der Waals surface area contributed by atoms with Gasteiger partial charge in [0.15, 0.2) is 0 Å². The maximum atomic E-state index is 13.5. The number of benzene rings is 1. The molecule has 4 rings (SSSR count). The highest BCUT2D eigenvalue weighted by atomic mass is 16.5. The van der Waals surface area contributed by atoms with Crippen LogP contribution in [0.25, 0.3) is 0 Å². The minimum Gasteiger partial charge on any atom is -0.488 e. The smallest absolute Gasteiger partial charge is 0.317 e. The molecule has 2 aliphatic carbocycles. The zero-order valence-corrected chi connectivity index (χ0v) is 24.5. The molecule has 2 saturated carbocycles. The number of rotatable bonds is 7. The molecule has 2 fully saturated rings. The van der Waals surface area contributed by atoms with Crippen molar-refractivity contribution in [3.63, 3.8) is 0 Å². The van der Waals surface area contributed by atoms with E-state index in [2.05, 4.69) is 10.6 Å². The highest BCUT2D eigenvalue weighted by Crippen LogP contribution is 2.31. The number of anilines is 1. The van der Waals surface area contributed by atoms with Gasteiger partial charge in [-0.1, -0.05) is 45.4 Å². The lowest BCUT2D eigenvalue weighted by molar-refractivity contribution is -0.134. The van der Waals surface area contributed by atoms with Crippen molar-refractivity contribution >= 4 is 23.5 Å². The summed E-state index contributed by atoms with van der Waals surface area (Å²) in [5.41, 5.74) is 1.34. The van der Waals surface area contributed by atoms with Gasteiger partial charge in [0, 0.05) is 42.7 Å². The van der Waals surface area contributed by atoms with E-state index < -0.39 is 0 Å². The molecule has 1 heterocycles. The lowest BCUT2D eigenvalue weighted by atomic mass is 9.88. The largest absolute Gasteiger partial charge is 0.488 e. The molecule has 0 unspecified atom stereocenters. The minimum absolute atomic E-state index is 0.0262. The second kappa shape index (κ2) is 14.2. The van der Waals surface area contributed by atoms with Crippen LogP contribution in [0, 0.1) is 11.8 Å². The van der Waals surface area contributed by atoms with Gasteiger partial charge in [0.25, 0.3) is 0 Å². The van der Waals surface area contributed by atoms with Crippen molar-refractivity contribution in [3.05, 3.63) is 23.8 Å². The van der Waals surface area contributed by atoms with Gasteiger partial charge < -0.3 is 30.3 Å². The number of carbonyl (C=O) groups is 3. The van der Waals surface area contributed by atoms with Crippen molar-refractivity contribution in [2.75, 3.05) is 32.1 Å². The molecule has 4 amide bonds. The summed E-state index contributed by atoms with van der Waals surface area (Å²) in [7, 11) is 1.78. The molecule has 1 aromatic rings. The van der Waals surface area contributed by atoms with Crippen LogP contribution < -0.4 is 15.4 Å². The summed E-state index contributed by atoms with van der Waals surface area (Å²) < 4.78 is 6.55. The maximum Gasteiger partial charge on any atom is 0.317 e. The highest BCUT2D eigenvalue weighted by Gasteiger charge is 2.32. The van der Waals surface area contributed by atoms with Crippen molar-refractivity contribution < 1.29 is 24.2 Å². The number of ether oxygens (including phenoxy) is 1. The van der Waals surface area contributed by atoms with Crippen molar-refractivity contribution in [2.45, 2.75) is 103 Å². The number of urea groups is 1. The lowest BCUT2D eigenvalue weighted by Crippen LogP contribution is -2.50. The first-order chi connectivity index (χ1) is 19.2. The van der Waals surface area contributed by atoms with Crippen molar-refractivity contribution in [1.82, 2.24) is 15.1 Å². The summed E-state index contributed by atoms with van der Waals surface area (Å²) in [6.45, 7) is 4.48. The molecule has 0 radical (unpaired) electrons. The van der Waals surface area contributed by atoms with Gasteiger partial charge in [0.2, 0.25) is 11.8 Å². The number of aliphatic hydroxyl groups excluding tert-OH is 1. The van der Waals surface area contributed by atoms with Crippen LogP contribution in [0.15, 0.2) is 18.2 Å². The second-order valence-corrected chi connectivity index (χ2v) is 12.2. The Morgan fingerprint density at radius 3 is 2.45 bits per heavy atom. The molecular formula is C31H48N4O5. The number of hydrogen-bond donors (Lipinski definition) is 3. The van der Waals surface area contributed by atoms with Gasteiger partial charge >= 0.3 is 6.03 Å². The third-order valence-electron chi connectivity index (χ3n) is 8.89. The zero-order valence-electron chi connectivity index (χ0n) is 24.5. The van der Waals surface area contributed by atoms with Gasteiger partial charge in [-0.25, -0.2) is 4.79 Å². The van der Waals surface area contributed by atoms with Gasteiger partial charge in [0.1, 0.15) is 11.9 Å². The van der Waals surface area contributed by atoms with Crippen LogP contribution in [0.1, 0.15) is 83.6 Å². The van der Waals surface area contributed by atoms with Crippen molar-refractivity contribution in [3.8, 4) is 5.75 Å². The Balaban J connectivity index is 1.53. The number of hydrogen-bond acceptors (Lipinski definition) is 5. The Morgan fingerprint density at radius 1 is 1.10 bits per heavy atom. The summed E-state index contributed by atoms with van der Waals surface area (Å²) in [5, 5.41) is 16.1. The lowest BCUT2D eigenvalue weighted by Gasteiger charge is -2.34. The topological polar surface area (TPSA) is 111 Å². The quantitative estimate of drug-likeness (QED) is 0.463. The Morgan fingerprint density at radius 2 is 1.77 bits per heavy atom. The normalized spacial score (nSPS) is 23.6. The summed E-state index contributed by atoms with van der Waals surface area (Å²) in [6.07, 6.45) is 10.4. The van der Waals surface area contributed by atoms with E-state index in [0.717, 1.165) is 51.4 Å². The first-order valence-corrected chi connectivity index (χ1v) is 15.3. The monoisotopic (exact) mass is 556 g/mol. The van der Waals surface area contributed by atoms with Gasteiger partial charge in [-0.05, 0) is 50.8 Å². The molecule has 3 atom stereocenters. The van der Waals surface area contributed by atoms with Gasteiger partial charge in [0.05, 0.1) is 25.6 Å². The van der Waals surface area contributed by atoms with Crippen LogP contribution >= 0.6 is 0 Å². The number of nitrogens with zero attached hydrogens (tertiary/aromatic N) is 2. The van der Waals surface area contributed by atoms with E-state index in [0.29, 0.717) is 30.1 Å². The molecule has 222 valence electrons. The van der Waals surface area contributed by atoms with Crippen LogP contribution in [-0.2, 0) is 16.0 Å². The van der Waals surface area contributed by atoms with Crippen LogP contribution in [0.4, 0.5) is 10.5 Å². The standard InChI is InChI=1S/C31H48N4O5/c1-21-18-35(22(2)20-36)29(37)17-24-16-26(32-30(38)23-10-6-4-7-11-23)14-15-27(24)40-28(21)19-34(3)31(39)33-25-12-8-5-9-13-25/h14-16,21-23,25,28,36H,4-13,17-20H2,1-3H3,(H,32,38)(H,33,39)/t21-,22-,28+/m1/s1. The highest BCUT2D eigenvalue weighted by molar-refractivity contribution is 5.93. The number of fused-ring (bicyclic) bond motifs is 1. The number of aliphatic hydroxyl groups is 1. The molecule has 3 N–H and O–H groups in total. The maximum absolute atomic E-state index is 13.5. The predicted molar refractivity (Wildman–Crippen MR) is 155 cm³/mol. The molecule has 1 aromatic carbocycles. The molecule has 1 aliphatic heterocycles. The zero-order chi connectivity index (χ0) is 28.6. The average Bonchev–Trinajstić information content (AvgIpc) is 3.01. The van der Waals surface area contributed by atoms with Crippen molar-refractivity contribution in [1.29, 1.82) is 0 Å². The molecular weight excluding hydrogens is 508 g/mol. The van der Waals surface area contributed by atoms with Crippen molar-refractivity contribution in [2.24, 2.45) is 11.8 Å². The Kier molecular flexibility index (Phi) is 10.7.